The van der Waals surface area contributed by atoms with Crippen molar-refractivity contribution < 1.29 is 0 Å². The van der Waals surface area contributed by atoms with Crippen LogP contribution in [-0.4, -0.2) is 6.71 Å². The first-order valence-electron chi connectivity index (χ1n) is 20.0. The van der Waals surface area contributed by atoms with Gasteiger partial charge in [0.2, 0.25) is 0 Å². The predicted octanol–water partition coefficient (Wildman–Crippen LogP) is 12.6. The second-order valence-corrected chi connectivity index (χ2v) is 15.0. The summed E-state index contributed by atoms with van der Waals surface area (Å²) in [6, 6.07) is 83.6. The van der Waals surface area contributed by atoms with Gasteiger partial charge in [0.1, 0.15) is 0 Å². The number of benzene rings is 9. The number of para-hydroxylation sites is 3. The molecule has 0 saturated heterocycles. The first-order chi connectivity index (χ1) is 28.8. The van der Waals surface area contributed by atoms with Crippen molar-refractivity contribution in [2.75, 3.05) is 14.7 Å². The quantitative estimate of drug-likeness (QED) is 0.151. The minimum Gasteiger partial charge on any atom is -0.311 e. The molecule has 0 unspecified atom stereocenters. The largest absolute Gasteiger partial charge is 0.311 e. The third-order valence-corrected chi connectivity index (χ3v) is 11.6. The SMILES string of the molecule is c1ccc(-c2cccc(N3c4cc(-c5ccccc5)ccc4B4c5ccccc5N(c5ccc(N(c6ccccc6)c6ccccc6)cc5)c5cccc3c54)c2)cc1. The molecule has 0 aliphatic carbocycles. The summed E-state index contributed by atoms with van der Waals surface area (Å²) in [4.78, 5) is 7.28. The lowest BCUT2D eigenvalue weighted by Crippen LogP contribution is -2.61. The van der Waals surface area contributed by atoms with Crippen LogP contribution in [0.4, 0.5) is 51.2 Å². The number of rotatable bonds is 7. The Balaban J connectivity index is 1.09. The maximum Gasteiger partial charge on any atom is 0.252 e. The molecule has 0 aromatic heterocycles. The molecule has 2 aliphatic heterocycles. The molecule has 3 nitrogen and oxygen atoms in total. The van der Waals surface area contributed by atoms with Crippen molar-refractivity contribution in [1.82, 2.24) is 0 Å². The van der Waals surface area contributed by atoms with E-state index < -0.39 is 0 Å². The van der Waals surface area contributed by atoms with Gasteiger partial charge in [0, 0.05) is 51.2 Å². The normalized spacial score (nSPS) is 12.4. The Kier molecular flexibility index (Phi) is 8.26. The highest BCUT2D eigenvalue weighted by Crippen LogP contribution is 2.46. The van der Waals surface area contributed by atoms with Crippen LogP contribution in [0.15, 0.2) is 231 Å². The minimum atomic E-state index is 0.0537. The van der Waals surface area contributed by atoms with Gasteiger partial charge in [0.05, 0.1) is 0 Å². The van der Waals surface area contributed by atoms with E-state index >= 15 is 0 Å². The van der Waals surface area contributed by atoms with Gasteiger partial charge in [0.15, 0.2) is 0 Å². The molecular weight excluding hydrogens is 701 g/mol. The summed E-state index contributed by atoms with van der Waals surface area (Å²) in [6.07, 6.45) is 0. The molecule has 0 N–H and O–H groups in total. The molecule has 9 aromatic rings. The van der Waals surface area contributed by atoms with Gasteiger partial charge in [-0.25, -0.2) is 0 Å². The fourth-order valence-corrected chi connectivity index (χ4v) is 9.06. The Morgan fingerprint density at radius 1 is 0.293 bits per heavy atom. The second-order valence-electron chi connectivity index (χ2n) is 15.0. The zero-order valence-corrected chi connectivity index (χ0v) is 31.9. The Hall–Kier alpha value is -7.56. The van der Waals surface area contributed by atoms with Gasteiger partial charge < -0.3 is 14.7 Å². The molecule has 0 radical (unpaired) electrons. The van der Waals surface area contributed by atoms with Gasteiger partial charge in [-0.15, -0.1) is 0 Å². The number of hydrogen-bond donors (Lipinski definition) is 0. The van der Waals surface area contributed by atoms with E-state index in [9.17, 15) is 0 Å². The van der Waals surface area contributed by atoms with E-state index in [1.54, 1.807) is 0 Å². The smallest absolute Gasteiger partial charge is 0.252 e. The maximum absolute atomic E-state index is 2.50. The van der Waals surface area contributed by atoms with Gasteiger partial charge in [0.25, 0.3) is 6.71 Å². The van der Waals surface area contributed by atoms with E-state index in [0.29, 0.717) is 0 Å². The van der Waals surface area contributed by atoms with Gasteiger partial charge >= 0.3 is 0 Å². The average Bonchev–Trinajstić information content (AvgIpc) is 3.30. The van der Waals surface area contributed by atoms with Crippen molar-refractivity contribution in [1.29, 1.82) is 0 Å². The maximum atomic E-state index is 2.50. The molecule has 0 spiro atoms. The summed E-state index contributed by atoms with van der Waals surface area (Å²) in [6.45, 7) is 0.0537. The zero-order chi connectivity index (χ0) is 38.4. The molecular formula is C54H38BN3. The number of anilines is 9. The van der Waals surface area contributed by atoms with Crippen LogP contribution in [0, 0.1) is 0 Å². The van der Waals surface area contributed by atoms with Crippen LogP contribution < -0.4 is 31.1 Å². The molecule has 0 amide bonds. The summed E-state index contributed by atoms with van der Waals surface area (Å²) in [5.74, 6) is 0. The third kappa shape index (κ3) is 5.69. The number of fused-ring (bicyclic) bond motifs is 4. The molecule has 9 aromatic carbocycles. The van der Waals surface area contributed by atoms with Crippen LogP contribution in [-0.2, 0) is 0 Å². The zero-order valence-electron chi connectivity index (χ0n) is 31.9. The summed E-state index contributed by atoms with van der Waals surface area (Å²) in [5.41, 5.74) is 19.1. The van der Waals surface area contributed by atoms with Crippen LogP contribution in [0.2, 0.25) is 0 Å². The highest BCUT2D eigenvalue weighted by Gasteiger charge is 2.43. The molecule has 0 bridgehead atoms. The first kappa shape index (κ1) is 33.8. The highest BCUT2D eigenvalue weighted by molar-refractivity contribution is 7.00. The van der Waals surface area contributed by atoms with Crippen molar-refractivity contribution in [2.45, 2.75) is 0 Å². The molecule has 11 rings (SSSR count). The molecule has 0 atom stereocenters. The van der Waals surface area contributed by atoms with Crippen molar-refractivity contribution in [3.63, 3.8) is 0 Å². The number of nitrogens with zero attached hydrogens (tertiary/aromatic N) is 3. The van der Waals surface area contributed by atoms with E-state index in [0.717, 1.165) is 28.4 Å². The topological polar surface area (TPSA) is 9.72 Å². The van der Waals surface area contributed by atoms with Crippen molar-refractivity contribution >= 4 is 74.3 Å². The summed E-state index contributed by atoms with van der Waals surface area (Å²) in [7, 11) is 0. The van der Waals surface area contributed by atoms with Gasteiger partial charge in [-0.05, 0) is 124 Å². The molecule has 0 fully saturated rings. The monoisotopic (exact) mass is 739 g/mol. The standard InChI is InChI=1S/C54H38BN3/c1-5-17-39(18-6-1)41-21-15-26-47(37-41)58-52-30-16-29-51-54(52)55(49-36-31-42(38-53(49)58)40-19-7-2-8-20-40)48-27-13-14-28-50(48)57(51)46-34-32-45(33-35-46)56(43-22-9-3-10-23-43)44-24-11-4-12-25-44/h1-38H. The molecule has 2 aliphatic rings. The Morgan fingerprint density at radius 3 is 1.40 bits per heavy atom. The van der Waals surface area contributed by atoms with Gasteiger partial charge in [-0.1, -0.05) is 146 Å². The molecule has 0 saturated carbocycles. The molecule has 272 valence electrons. The highest BCUT2D eigenvalue weighted by atomic mass is 15.2. The van der Waals surface area contributed by atoms with Crippen molar-refractivity contribution in [3.05, 3.63) is 231 Å². The van der Waals surface area contributed by atoms with E-state index in [4.69, 9.17) is 0 Å². The second kappa shape index (κ2) is 14.2. The van der Waals surface area contributed by atoms with Crippen LogP contribution in [0.25, 0.3) is 22.3 Å². The molecule has 2 heterocycles. The fourth-order valence-electron chi connectivity index (χ4n) is 9.06. The lowest BCUT2D eigenvalue weighted by Gasteiger charge is -2.44. The van der Waals surface area contributed by atoms with E-state index in [-0.39, 0.29) is 6.71 Å². The molecule has 58 heavy (non-hydrogen) atoms. The summed E-state index contributed by atoms with van der Waals surface area (Å²) >= 11 is 0. The van der Waals surface area contributed by atoms with Crippen molar-refractivity contribution in [3.8, 4) is 22.3 Å². The lowest BCUT2D eigenvalue weighted by atomic mass is 9.33. The van der Waals surface area contributed by atoms with E-state index in [1.165, 1.54) is 61.4 Å². The third-order valence-electron chi connectivity index (χ3n) is 11.6. The first-order valence-corrected chi connectivity index (χ1v) is 20.0. The fraction of sp³-hybridized carbons (Fsp3) is 0. The lowest BCUT2D eigenvalue weighted by molar-refractivity contribution is 1.24. The van der Waals surface area contributed by atoms with Crippen molar-refractivity contribution in [2.24, 2.45) is 0 Å². The molecule has 4 heteroatoms. The minimum absolute atomic E-state index is 0.0537. The van der Waals surface area contributed by atoms with Crippen LogP contribution in [0.5, 0.6) is 0 Å². The number of hydrogen-bond acceptors (Lipinski definition) is 3. The Morgan fingerprint density at radius 2 is 0.759 bits per heavy atom. The van der Waals surface area contributed by atoms with Crippen LogP contribution in [0.1, 0.15) is 0 Å². The van der Waals surface area contributed by atoms with Gasteiger partial charge in [-0.2, -0.15) is 0 Å². The Bertz CT molecular complexity index is 2860. The van der Waals surface area contributed by atoms with E-state index in [2.05, 4.69) is 245 Å². The van der Waals surface area contributed by atoms with Gasteiger partial charge in [-0.3, -0.25) is 0 Å². The van der Waals surface area contributed by atoms with E-state index in [1.807, 2.05) is 0 Å². The summed E-state index contributed by atoms with van der Waals surface area (Å²) in [5, 5.41) is 0. The average molecular weight is 740 g/mol. The van der Waals surface area contributed by atoms with Crippen LogP contribution in [0.3, 0.4) is 0 Å². The summed E-state index contributed by atoms with van der Waals surface area (Å²) < 4.78 is 0. The Labute approximate surface area is 340 Å². The predicted molar refractivity (Wildman–Crippen MR) is 246 cm³/mol. The van der Waals surface area contributed by atoms with Crippen LogP contribution >= 0.6 is 0 Å².